The summed E-state index contributed by atoms with van der Waals surface area (Å²) < 4.78 is 5.22. The van der Waals surface area contributed by atoms with E-state index in [1.165, 1.54) is 6.92 Å². The highest BCUT2D eigenvalue weighted by atomic mass is 16.4. The largest absolute Gasteiger partial charge is 0.472 e. The molecule has 1 heterocycles. The number of carbonyl (C=O) groups excluding carboxylic acids is 2. The molecule has 0 radical (unpaired) electrons. The first-order chi connectivity index (χ1) is 8.45. The van der Waals surface area contributed by atoms with Gasteiger partial charge in [-0.25, -0.2) is 9.22 Å². The number of nitrogens with one attached hydrogen (secondary N) is 1. The Morgan fingerprint density at radius 1 is 1.56 bits per heavy atom. The van der Waals surface area contributed by atoms with Crippen molar-refractivity contribution in [2.24, 2.45) is 0 Å². The van der Waals surface area contributed by atoms with Gasteiger partial charge in [-0.15, -0.1) is 0 Å². The van der Waals surface area contributed by atoms with Crippen molar-refractivity contribution < 1.29 is 29.3 Å². The highest BCUT2D eigenvalue weighted by molar-refractivity contribution is 6.32. The van der Waals surface area contributed by atoms with E-state index in [0.29, 0.717) is 6.42 Å². The predicted octanol–water partition coefficient (Wildman–Crippen LogP) is -1.41. The number of hydrogen-bond acceptors (Lipinski definition) is 4. The molecule has 3 atom stereocenters. The van der Waals surface area contributed by atoms with Crippen molar-refractivity contribution in [2.45, 2.75) is 44.4 Å². The van der Waals surface area contributed by atoms with Gasteiger partial charge in [0.15, 0.2) is 0 Å². The molecule has 0 fully saturated rings. The van der Waals surface area contributed by atoms with Crippen molar-refractivity contribution in [2.75, 3.05) is 6.61 Å². The zero-order chi connectivity index (χ0) is 13.7. The number of hydrogen-bond donors (Lipinski definition) is 4. The Hall–Kier alpha value is -1.47. The van der Waals surface area contributed by atoms with Crippen molar-refractivity contribution in [3.8, 4) is 0 Å². The molecule has 0 bridgehead atoms. The summed E-state index contributed by atoms with van der Waals surface area (Å²) in [5, 5.41) is 30.1. The standard InChI is InChI=1S/C11H17NO6/c1-6(14)12-7-2-3-9(11(16)17)18-10(7)8(15)4-5-13/h7-8,10,13,15H,2-5H2,1H3,(H-,12,14,16,17)/p+1. The quantitative estimate of drug-likeness (QED) is 0.357. The second-order valence-corrected chi connectivity index (χ2v) is 4.24. The van der Waals surface area contributed by atoms with Crippen LogP contribution in [0.15, 0.2) is 0 Å². The highest BCUT2D eigenvalue weighted by Crippen LogP contribution is 2.16. The van der Waals surface area contributed by atoms with Gasteiger partial charge in [0.1, 0.15) is 12.1 Å². The van der Waals surface area contributed by atoms with Gasteiger partial charge in [-0.3, -0.25) is 4.79 Å². The number of ketones is 1. The maximum Gasteiger partial charge on any atom is 0.429 e. The molecule has 0 saturated carbocycles. The van der Waals surface area contributed by atoms with E-state index in [2.05, 4.69) is 5.32 Å². The fourth-order valence-electron chi connectivity index (χ4n) is 1.97. The maximum absolute atomic E-state index is 11.0. The van der Waals surface area contributed by atoms with Gasteiger partial charge in [-0.2, -0.15) is 0 Å². The maximum atomic E-state index is 11.0. The first kappa shape index (κ1) is 14.6. The minimum Gasteiger partial charge on any atom is -0.472 e. The molecular weight excluding hydrogens is 242 g/mol. The Labute approximate surface area is 104 Å². The SMILES string of the molecule is CC(=O)NC1CCC(C(=O)O)=[O+]C1C(O)CCO. The van der Waals surface area contributed by atoms with E-state index in [0.717, 1.165) is 0 Å². The summed E-state index contributed by atoms with van der Waals surface area (Å²) in [4.78, 5) is 21.9. The molecule has 1 aliphatic heterocycles. The summed E-state index contributed by atoms with van der Waals surface area (Å²) in [6.07, 6.45) is -1.23. The Morgan fingerprint density at radius 2 is 2.22 bits per heavy atom. The zero-order valence-electron chi connectivity index (χ0n) is 10.1. The third-order valence-corrected chi connectivity index (χ3v) is 2.79. The van der Waals surface area contributed by atoms with E-state index < -0.39 is 24.2 Å². The minimum absolute atomic E-state index is 0.0631. The molecule has 7 heteroatoms. The van der Waals surface area contributed by atoms with Gasteiger partial charge in [0.2, 0.25) is 5.91 Å². The first-order valence-electron chi connectivity index (χ1n) is 5.77. The second-order valence-electron chi connectivity index (χ2n) is 4.24. The third kappa shape index (κ3) is 3.78. The van der Waals surface area contributed by atoms with Crippen LogP contribution < -0.4 is 5.32 Å². The van der Waals surface area contributed by atoms with Gasteiger partial charge in [0, 0.05) is 20.0 Å². The van der Waals surface area contributed by atoms with Crippen LogP contribution in [-0.4, -0.2) is 57.8 Å². The summed E-state index contributed by atoms with van der Waals surface area (Å²) in [6, 6.07) is -0.452. The average molecular weight is 260 g/mol. The lowest BCUT2D eigenvalue weighted by Crippen LogP contribution is -2.52. The van der Waals surface area contributed by atoms with Gasteiger partial charge in [0.05, 0.1) is 6.42 Å². The predicted molar refractivity (Wildman–Crippen MR) is 61.0 cm³/mol. The van der Waals surface area contributed by atoms with Gasteiger partial charge in [0.25, 0.3) is 0 Å². The molecule has 1 aliphatic rings. The lowest BCUT2D eigenvalue weighted by atomic mass is 9.95. The van der Waals surface area contributed by atoms with Crippen LogP contribution >= 0.6 is 0 Å². The Morgan fingerprint density at radius 3 is 2.72 bits per heavy atom. The van der Waals surface area contributed by atoms with E-state index >= 15 is 0 Å². The Kier molecular flexibility index (Phi) is 5.24. The van der Waals surface area contributed by atoms with Crippen LogP contribution in [0.5, 0.6) is 0 Å². The van der Waals surface area contributed by atoms with Gasteiger partial charge < -0.3 is 20.6 Å². The van der Waals surface area contributed by atoms with Crippen LogP contribution in [0.2, 0.25) is 0 Å². The molecule has 1 amide bonds. The van der Waals surface area contributed by atoms with Crippen LogP contribution in [-0.2, 0) is 14.0 Å². The van der Waals surface area contributed by atoms with E-state index in [4.69, 9.17) is 14.6 Å². The number of carboxylic acids is 1. The summed E-state index contributed by atoms with van der Waals surface area (Å²) in [5.41, 5.74) is 0. The summed E-state index contributed by atoms with van der Waals surface area (Å²) >= 11 is 0. The van der Waals surface area contributed by atoms with Crippen molar-refractivity contribution in [3.05, 3.63) is 0 Å². The summed E-state index contributed by atoms with van der Waals surface area (Å²) in [6.45, 7) is 1.10. The normalized spacial score (nSPS) is 25.2. The number of aliphatic hydroxyl groups is 2. The van der Waals surface area contributed by atoms with Gasteiger partial charge >= 0.3 is 17.9 Å². The van der Waals surface area contributed by atoms with Crippen molar-refractivity contribution >= 4 is 17.7 Å². The second kappa shape index (κ2) is 6.46. The molecule has 0 aromatic rings. The minimum atomic E-state index is -1.17. The van der Waals surface area contributed by atoms with Crippen LogP contribution in [0.3, 0.4) is 0 Å². The molecule has 4 N–H and O–H groups in total. The van der Waals surface area contributed by atoms with Crippen LogP contribution in [0.25, 0.3) is 0 Å². The number of aliphatic carboxylic acids is 1. The third-order valence-electron chi connectivity index (χ3n) is 2.79. The zero-order valence-corrected chi connectivity index (χ0v) is 10.1. The highest BCUT2D eigenvalue weighted by Gasteiger charge is 2.44. The topological polar surface area (TPSA) is 118 Å². The van der Waals surface area contributed by atoms with E-state index in [1.807, 2.05) is 0 Å². The van der Waals surface area contributed by atoms with E-state index in [-0.39, 0.29) is 31.1 Å². The van der Waals surface area contributed by atoms with Gasteiger partial charge in [-0.05, 0) is 6.42 Å². The van der Waals surface area contributed by atoms with E-state index in [1.54, 1.807) is 0 Å². The molecule has 102 valence electrons. The van der Waals surface area contributed by atoms with Crippen molar-refractivity contribution in [1.82, 2.24) is 5.32 Å². The first-order valence-corrected chi connectivity index (χ1v) is 5.77. The summed E-state index contributed by atoms with van der Waals surface area (Å²) in [7, 11) is 0. The molecular formula is C11H18NO6+. The molecule has 0 aromatic carbocycles. The van der Waals surface area contributed by atoms with Crippen molar-refractivity contribution in [3.63, 3.8) is 0 Å². The molecule has 0 aromatic heterocycles. The fourth-order valence-corrected chi connectivity index (χ4v) is 1.97. The fraction of sp³-hybridized carbons (Fsp3) is 0.727. The van der Waals surface area contributed by atoms with Crippen LogP contribution in [0, 0.1) is 0 Å². The number of rotatable bonds is 5. The van der Waals surface area contributed by atoms with Crippen molar-refractivity contribution in [1.29, 1.82) is 0 Å². The Balaban J connectivity index is 2.87. The number of carbonyl (C=O) groups is 2. The molecule has 0 saturated heterocycles. The molecule has 1 rings (SSSR count). The van der Waals surface area contributed by atoms with Crippen LogP contribution in [0.4, 0.5) is 0 Å². The molecule has 3 unspecified atom stereocenters. The number of aliphatic hydroxyl groups excluding tert-OH is 2. The lowest BCUT2D eigenvalue weighted by Gasteiger charge is -2.23. The molecule has 0 aliphatic carbocycles. The molecule has 7 nitrogen and oxygen atoms in total. The molecule has 18 heavy (non-hydrogen) atoms. The summed E-state index contributed by atoms with van der Waals surface area (Å²) in [5.74, 6) is -1.57. The molecule has 0 spiro atoms. The Bertz CT molecular complexity index is 353. The van der Waals surface area contributed by atoms with E-state index in [9.17, 15) is 14.7 Å². The lowest BCUT2D eigenvalue weighted by molar-refractivity contribution is -0.527. The van der Waals surface area contributed by atoms with Crippen LogP contribution in [0.1, 0.15) is 26.2 Å². The number of carboxylic acid groups (broad SMARTS) is 1. The average Bonchev–Trinajstić information content (AvgIpc) is 2.28. The van der Waals surface area contributed by atoms with Gasteiger partial charge in [-0.1, -0.05) is 0 Å². The monoisotopic (exact) mass is 260 g/mol. The number of amides is 1. The smallest absolute Gasteiger partial charge is 0.429 e.